The van der Waals surface area contributed by atoms with Gasteiger partial charge >= 0.3 is 0 Å². The second-order valence-corrected chi connectivity index (χ2v) is 9.14. The van der Waals surface area contributed by atoms with Gasteiger partial charge in [0.1, 0.15) is 0 Å². The zero-order valence-electron chi connectivity index (χ0n) is 16.2. The normalized spacial score (nSPS) is 16.4. The van der Waals surface area contributed by atoms with Crippen molar-refractivity contribution in [3.63, 3.8) is 0 Å². The molecule has 1 amide bonds. The molecule has 0 spiro atoms. The van der Waals surface area contributed by atoms with E-state index in [1.807, 2.05) is 6.07 Å². The van der Waals surface area contributed by atoms with E-state index in [1.54, 1.807) is 18.2 Å². The zero-order chi connectivity index (χ0) is 20.2. The van der Waals surface area contributed by atoms with Gasteiger partial charge in [0.05, 0.1) is 10.4 Å². The van der Waals surface area contributed by atoms with Gasteiger partial charge in [0.2, 0.25) is 15.9 Å². The summed E-state index contributed by atoms with van der Waals surface area (Å²) in [6.45, 7) is 2.06. The molecule has 6 heteroatoms. The summed E-state index contributed by atoms with van der Waals surface area (Å²) in [7, 11) is -2.08. The number of hydrogen-bond acceptors (Lipinski definition) is 3. The Kier molecular flexibility index (Phi) is 6.01. The molecule has 0 aliphatic heterocycles. The summed E-state index contributed by atoms with van der Waals surface area (Å²) in [5.74, 6) is -0.143. The largest absolute Gasteiger partial charge is 0.343 e. The van der Waals surface area contributed by atoms with Crippen LogP contribution in [0.25, 0.3) is 6.08 Å². The third-order valence-electron chi connectivity index (χ3n) is 5.28. The molecule has 2 aromatic rings. The Labute approximate surface area is 166 Å². The number of amides is 1. The van der Waals surface area contributed by atoms with E-state index in [0.29, 0.717) is 0 Å². The van der Waals surface area contributed by atoms with Crippen molar-refractivity contribution >= 4 is 22.0 Å². The Hall–Kier alpha value is -2.44. The summed E-state index contributed by atoms with van der Waals surface area (Å²) in [4.78, 5) is 12.8. The lowest BCUT2D eigenvalue weighted by Crippen LogP contribution is -2.43. The summed E-state index contributed by atoms with van der Waals surface area (Å²) >= 11 is 0. The van der Waals surface area contributed by atoms with Gasteiger partial charge in [-0.15, -0.1) is 0 Å². The maximum atomic E-state index is 12.6. The topological polar surface area (TPSA) is 75.3 Å². The van der Waals surface area contributed by atoms with Crippen LogP contribution in [0.15, 0.2) is 59.5 Å². The Bertz CT molecular complexity index is 973. The molecule has 28 heavy (non-hydrogen) atoms. The van der Waals surface area contributed by atoms with Crippen LogP contribution in [-0.2, 0) is 20.4 Å². The number of aryl methyl sites for hydroxylation is 1. The first-order valence-corrected chi connectivity index (χ1v) is 10.9. The van der Waals surface area contributed by atoms with Crippen LogP contribution in [0.4, 0.5) is 0 Å². The van der Waals surface area contributed by atoms with Crippen molar-refractivity contribution in [3.05, 3.63) is 71.3 Å². The fourth-order valence-corrected chi connectivity index (χ4v) is 4.46. The molecule has 0 atom stereocenters. The molecule has 0 saturated heterocycles. The minimum Gasteiger partial charge on any atom is -0.343 e. The molecular weight excluding hydrogens is 372 g/mol. The third-order valence-corrected chi connectivity index (χ3v) is 6.71. The van der Waals surface area contributed by atoms with Crippen molar-refractivity contribution in [1.29, 1.82) is 0 Å². The highest BCUT2D eigenvalue weighted by Crippen LogP contribution is 2.39. The second kappa shape index (κ2) is 8.29. The molecule has 2 aromatic carbocycles. The molecule has 1 saturated carbocycles. The average Bonchev–Trinajstić information content (AvgIpc) is 3.16. The minimum absolute atomic E-state index is 0.143. The first-order valence-electron chi connectivity index (χ1n) is 9.46. The number of rotatable bonds is 6. The van der Waals surface area contributed by atoms with E-state index in [2.05, 4.69) is 35.2 Å². The number of carbonyl (C=O) groups excluding carboxylic acids is 1. The van der Waals surface area contributed by atoms with Gasteiger partial charge in [-0.05, 0) is 56.1 Å². The lowest BCUT2D eigenvalue weighted by molar-refractivity contribution is -0.118. The highest BCUT2D eigenvalue weighted by molar-refractivity contribution is 7.89. The highest BCUT2D eigenvalue weighted by atomic mass is 32.2. The van der Waals surface area contributed by atoms with Gasteiger partial charge in [-0.2, -0.15) is 0 Å². The maximum Gasteiger partial charge on any atom is 0.244 e. The molecule has 0 aromatic heterocycles. The zero-order valence-corrected chi connectivity index (χ0v) is 17.1. The van der Waals surface area contributed by atoms with Crippen molar-refractivity contribution in [2.75, 3.05) is 7.05 Å². The molecule has 1 aliphatic carbocycles. The molecule has 0 radical (unpaired) electrons. The SMILES string of the molecule is CNS(=O)(=O)c1ccc(C=CC(=O)NC2(c3cccc(C)c3)CCCC2)cc1. The highest BCUT2D eigenvalue weighted by Gasteiger charge is 2.36. The predicted octanol–water partition coefficient (Wildman–Crippen LogP) is 3.50. The van der Waals surface area contributed by atoms with E-state index in [-0.39, 0.29) is 16.3 Å². The van der Waals surface area contributed by atoms with Gasteiger partial charge in [0.15, 0.2) is 0 Å². The lowest BCUT2D eigenvalue weighted by Gasteiger charge is -2.31. The molecule has 0 heterocycles. The predicted molar refractivity (Wildman–Crippen MR) is 111 cm³/mol. The molecule has 3 rings (SSSR count). The molecule has 1 aliphatic rings. The van der Waals surface area contributed by atoms with Crippen LogP contribution in [0, 0.1) is 6.92 Å². The molecule has 5 nitrogen and oxygen atoms in total. The first kappa shape index (κ1) is 20.3. The van der Waals surface area contributed by atoms with E-state index in [0.717, 1.165) is 36.8 Å². The Balaban J connectivity index is 1.73. The first-order chi connectivity index (χ1) is 13.3. The van der Waals surface area contributed by atoms with E-state index >= 15 is 0 Å². The summed E-state index contributed by atoms with van der Waals surface area (Å²) in [5.41, 5.74) is 2.80. The molecule has 0 bridgehead atoms. The van der Waals surface area contributed by atoms with Crippen molar-refractivity contribution in [1.82, 2.24) is 10.0 Å². The van der Waals surface area contributed by atoms with Crippen LogP contribution < -0.4 is 10.0 Å². The summed E-state index contributed by atoms with van der Waals surface area (Å²) in [6, 6.07) is 14.7. The molecule has 2 N–H and O–H groups in total. The van der Waals surface area contributed by atoms with Gasteiger partial charge in [-0.1, -0.05) is 54.8 Å². The summed E-state index contributed by atoms with van der Waals surface area (Å²) in [6.07, 6.45) is 7.28. The van der Waals surface area contributed by atoms with Crippen molar-refractivity contribution in [2.24, 2.45) is 0 Å². The molecule has 1 fully saturated rings. The Morgan fingerprint density at radius 3 is 2.36 bits per heavy atom. The third kappa shape index (κ3) is 4.51. The van der Waals surface area contributed by atoms with Gasteiger partial charge in [-0.25, -0.2) is 13.1 Å². The van der Waals surface area contributed by atoms with Gasteiger partial charge < -0.3 is 5.32 Å². The smallest absolute Gasteiger partial charge is 0.244 e. The van der Waals surface area contributed by atoms with E-state index in [1.165, 1.54) is 30.8 Å². The minimum atomic E-state index is -3.46. The standard InChI is InChI=1S/C22H26N2O3S/c1-17-6-5-7-19(16-17)22(14-3-4-15-22)24-21(25)13-10-18-8-11-20(12-9-18)28(26,27)23-2/h5-13,16,23H,3-4,14-15H2,1-2H3,(H,24,25). The summed E-state index contributed by atoms with van der Waals surface area (Å²) in [5, 5.41) is 3.22. The summed E-state index contributed by atoms with van der Waals surface area (Å²) < 4.78 is 25.8. The van der Waals surface area contributed by atoms with Gasteiger partial charge in [-0.3, -0.25) is 4.79 Å². The molecule has 0 unspecified atom stereocenters. The van der Waals surface area contributed by atoms with Crippen molar-refractivity contribution < 1.29 is 13.2 Å². The van der Waals surface area contributed by atoms with Crippen LogP contribution >= 0.6 is 0 Å². The van der Waals surface area contributed by atoms with E-state index in [9.17, 15) is 13.2 Å². The number of sulfonamides is 1. The van der Waals surface area contributed by atoms with E-state index < -0.39 is 10.0 Å². The van der Waals surface area contributed by atoms with E-state index in [4.69, 9.17) is 0 Å². The van der Waals surface area contributed by atoms with Crippen molar-refractivity contribution in [3.8, 4) is 0 Å². The van der Waals surface area contributed by atoms with Crippen LogP contribution in [0.5, 0.6) is 0 Å². The Morgan fingerprint density at radius 1 is 1.07 bits per heavy atom. The van der Waals surface area contributed by atoms with Crippen LogP contribution in [0.3, 0.4) is 0 Å². The van der Waals surface area contributed by atoms with Crippen LogP contribution in [-0.4, -0.2) is 21.4 Å². The monoisotopic (exact) mass is 398 g/mol. The quantitative estimate of drug-likeness (QED) is 0.731. The molecule has 148 valence electrons. The average molecular weight is 399 g/mol. The van der Waals surface area contributed by atoms with Gasteiger partial charge in [0.25, 0.3) is 0 Å². The fourth-order valence-electron chi connectivity index (χ4n) is 3.73. The van der Waals surface area contributed by atoms with Crippen molar-refractivity contribution in [2.45, 2.75) is 43.0 Å². The molecular formula is C22H26N2O3S. The lowest BCUT2D eigenvalue weighted by atomic mass is 9.87. The van der Waals surface area contributed by atoms with Crippen LogP contribution in [0.1, 0.15) is 42.4 Å². The number of carbonyl (C=O) groups is 1. The second-order valence-electron chi connectivity index (χ2n) is 7.26. The fraction of sp³-hybridized carbons (Fsp3) is 0.318. The maximum absolute atomic E-state index is 12.6. The van der Waals surface area contributed by atoms with Crippen LogP contribution in [0.2, 0.25) is 0 Å². The number of hydrogen-bond donors (Lipinski definition) is 2. The Morgan fingerprint density at radius 2 is 1.75 bits per heavy atom. The number of benzene rings is 2. The van der Waals surface area contributed by atoms with Gasteiger partial charge in [0, 0.05) is 6.08 Å². The number of nitrogens with one attached hydrogen (secondary N) is 2.